The van der Waals surface area contributed by atoms with Crippen LogP contribution in [-0.2, 0) is 4.79 Å². The van der Waals surface area contributed by atoms with Crippen LogP contribution < -0.4 is 0 Å². The van der Waals surface area contributed by atoms with Gasteiger partial charge < -0.3 is 0 Å². The Morgan fingerprint density at radius 2 is 1.71 bits per heavy atom. The van der Waals surface area contributed by atoms with Crippen molar-refractivity contribution in [2.75, 3.05) is 0 Å². The molecule has 0 aliphatic rings. The summed E-state index contributed by atoms with van der Waals surface area (Å²) in [4.78, 5) is 10.7. The van der Waals surface area contributed by atoms with Crippen molar-refractivity contribution in [1.82, 2.24) is 0 Å². The van der Waals surface area contributed by atoms with E-state index in [1.165, 1.54) is 0 Å². The number of allylic oxidation sites excluding steroid dienone is 3. The minimum atomic E-state index is 0.0748. The van der Waals surface area contributed by atoms with E-state index in [-0.39, 0.29) is 5.78 Å². The molecule has 0 unspecified atom stereocenters. The van der Waals surface area contributed by atoms with Gasteiger partial charge in [0.2, 0.25) is 0 Å². The third kappa shape index (κ3) is 3.85. The molecule has 1 aromatic rings. The third-order valence-electron chi connectivity index (χ3n) is 1.77. The zero-order valence-electron chi connectivity index (χ0n) is 8.53. The summed E-state index contributed by atoms with van der Waals surface area (Å²) in [5.74, 6) is 0.0748. The average molecular weight is 186 g/mol. The highest BCUT2D eigenvalue weighted by atomic mass is 16.1. The van der Waals surface area contributed by atoms with Crippen LogP contribution in [0.3, 0.4) is 0 Å². The fourth-order valence-electron chi connectivity index (χ4n) is 1.11. The first kappa shape index (κ1) is 10.5. The van der Waals surface area contributed by atoms with Gasteiger partial charge in [0.15, 0.2) is 5.78 Å². The van der Waals surface area contributed by atoms with Crippen molar-refractivity contribution in [3.05, 3.63) is 53.6 Å². The van der Waals surface area contributed by atoms with Gasteiger partial charge in [-0.05, 0) is 25.5 Å². The summed E-state index contributed by atoms with van der Waals surface area (Å²) in [5, 5.41) is 0. The predicted octanol–water partition coefficient (Wildman–Crippen LogP) is 3.24. The summed E-state index contributed by atoms with van der Waals surface area (Å²) < 4.78 is 0. The van der Waals surface area contributed by atoms with E-state index in [0.717, 1.165) is 11.1 Å². The molecule has 0 saturated carbocycles. The predicted molar refractivity (Wildman–Crippen MR) is 59.9 cm³/mol. The van der Waals surface area contributed by atoms with Gasteiger partial charge in [0.05, 0.1) is 0 Å². The molecular weight excluding hydrogens is 172 g/mol. The van der Waals surface area contributed by atoms with Crippen molar-refractivity contribution < 1.29 is 4.79 Å². The van der Waals surface area contributed by atoms with Crippen LogP contribution in [0.15, 0.2) is 48.1 Å². The van der Waals surface area contributed by atoms with Gasteiger partial charge in [-0.1, -0.05) is 48.1 Å². The average Bonchev–Trinajstić information content (AvgIpc) is 2.16. The second-order valence-electron chi connectivity index (χ2n) is 3.24. The number of benzene rings is 1. The van der Waals surface area contributed by atoms with Crippen LogP contribution in [0, 0.1) is 0 Å². The Kier molecular flexibility index (Phi) is 3.86. The quantitative estimate of drug-likeness (QED) is 0.523. The van der Waals surface area contributed by atoms with E-state index in [9.17, 15) is 4.79 Å². The van der Waals surface area contributed by atoms with Crippen molar-refractivity contribution in [2.45, 2.75) is 13.8 Å². The highest BCUT2D eigenvalue weighted by molar-refractivity contribution is 5.87. The van der Waals surface area contributed by atoms with E-state index in [0.29, 0.717) is 0 Å². The lowest BCUT2D eigenvalue weighted by Crippen LogP contribution is -1.80. The van der Waals surface area contributed by atoms with E-state index >= 15 is 0 Å². The number of rotatable bonds is 3. The van der Waals surface area contributed by atoms with Crippen LogP contribution in [0.25, 0.3) is 6.08 Å². The molecule has 0 saturated heterocycles. The molecule has 0 radical (unpaired) electrons. The minimum Gasteiger partial charge on any atom is -0.295 e. The Balaban J connectivity index is 2.74. The first-order chi connectivity index (χ1) is 6.68. The van der Waals surface area contributed by atoms with E-state index in [2.05, 4.69) is 0 Å². The number of carbonyl (C=O) groups excluding carboxylic acids is 1. The van der Waals surface area contributed by atoms with Gasteiger partial charge in [0.1, 0.15) is 0 Å². The third-order valence-corrected chi connectivity index (χ3v) is 1.77. The second kappa shape index (κ2) is 5.18. The molecule has 1 aromatic carbocycles. The standard InChI is InChI=1S/C13H14O/c1-11(8-9-12(2)14)10-13-6-4-3-5-7-13/h3-10H,1-2H3/b9-8+,11-10+. The Hall–Kier alpha value is -1.63. The number of carbonyl (C=O) groups is 1. The van der Waals surface area contributed by atoms with Crippen molar-refractivity contribution in [2.24, 2.45) is 0 Å². The SMILES string of the molecule is CC(=O)/C=C/C(C)=C/c1ccccc1. The van der Waals surface area contributed by atoms with Crippen molar-refractivity contribution in [3.63, 3.8) is 0 Å². The second-order valence-corrected chi connectivity index (χ2v) is 3.24. The topological polar surface area (TPSA) is 17.1 Å². The molecule has 0 amide bonds. The summed E-state index contributed by atoms with van der Waals surface area (Å²) in [5.41, 5.74) is 2.23. The zero-order chi connectivity index (χ0) is 10.4. The molecule has 0 aromatic heterocycles. The molecule has 1 heteroatoms. The molecule has 14 heavy (non-hydrogen) atoms. The lowest BCUT2D eigenvalue weighted by molar-refractivity contribution is -0.112. The van der Waals surface area contributed by atoms with Crippen molar-refractivity contribution in [1.29, 1.82) is 0 Å². The smallest absolute Gasteiger partial charge is 0.152 e. The van der Waals surface area contributed by atoms with Crippen molar-refractivity contribution in [3.8, 4) is 0 Å². The van der Waals surface area contributed by atoms with E-state index < -0.39 is 0 Å². The highest BCUT2D eigenvalue weighted by Crippen LogP contribution is 2.06. The van der Waals surface area contributed by atoms with Crippen molar-refractivity contribution >= 4 is 11.9 Å². The first-order valence-electron chi connectivity index (χ1n) is 4.60. The first-order valence-corrected chi connectivity index (χ1v) is 4.60. The molecule has 0 fully saturated rings. The number of hydrogen-bond donors (Lipinski definition) is 0. The van der Waals surface area contributed by atoms with Crippen LogP contribution in [0.5, 0.6) is 0 Å². The maximum atomic E-state index is 10.7. The fourth-order valence-corrected chi connectivity index (χ4v) is 1.11. The molecule has 0 aliphatic carbocycles. The summed E-state index contributed by atoms with van der Waals surface area (Å²) in [6.45, 7) is 3.53. The highest BCUT2D eigenvalue weighted by Gasteiger charge is 1.87. The van der Waals surface area contributed by atoms with Crippen LogP contribution in [0.4, 0.5) is 0 Å². The van der Waals surface area contributed by atoms with E-state index in [1.807, 2.05) is 49.4 Å². The molecule has 0 N–H and O–H groups in total. The molecule has 0 bridgehead atoms. The molecule has 0 spiro atoms. The summed E-state index contributed by atoms with van der Waals surface area (Å²) in [7, 11) is 0. The Labute approximate surface area is 84.8 Å². The normalized spacial score (nSPS) is 12.0. The minimum absolute atomic E-state index is 0.0748. The van der Waals surface area contributed by atoms with Crippen LogP contribution in [0.1, 0.15) is 19.4 Å². The monoisotopic (exact) mass is 186 g/mol. The van der Waals surface area contributed by atoms with Gasteiger partial charge in [0.25, 0.3) is 0 Å². The van der Waals surface area contributed by atoms with E-state index in [1.54, 1.807) is 13.0 Å². The Morgan fingerprint density at radius 3 is 2.29 bits per heavy atom. The summed E-state index contributed by atoms with van der Waals surface area (Å²) in [6.07, 6.45) is 5.45. The molecule has 0 atom stereocenters. The van der Waals surface area contributed by atoms with Crippen LogP contribution in [0.2, 0.25) is 0 Å². The van der Waals surface area contributed by atoms with Gasteiger partial charge in [-0.2, -0.15) is 0 Å². The summed E-state index contributed by atoms with van der Waals surface area (Å²) in [6, 6.07) is 10.0. The Bertz CT molecular complexity index is 358. The molecule has 0 aliphatic heterocycles. The van der Waals surface area contributed by atoms with Crippen LogP contribution in [-0.4, -0.2) is 5.78 Å². The zero-order valence-corrected chi connectivity index (χ0v) is 8.53. The summed E-state index contributed by atoms with van der Waals surface area (Å²) >= 11 is 0. The van der Waals surface area contributed by atoms with Crippen LogP contribution >= 0.6 is 0 Å². The molecular formula is C13H14O. The van der Waals surface area contributed by atoms with Gasteiger partial charge in [0, 0.05) is 0 Å². The lowest BCUT2D eigenvalue weighted by atomic mass is 10.1. The largest absolute Gasteiger partial charge is 0.295 e. The molecule has 0 heterocycles. The molecule has 1 nitrogen and oxygen atoms in total. The van der Waals surface area contributed by atoms with Gasteiger partial charge in [-0.15, -0.1) is 0 Å². The maximum absolute atomic E-state index is 10.7. The van der Waals surface area contributed by atoms with Gasteiger partial charge >= 0.3 is 0 Å². The number of ketones is 1. The van der Waals surface area contributed by atoms with Gasteiger partial charge in [-0.3, -0.25) is 4.79 Å². The lowest BCUT2D eigenvalue weighted by Gasteiger charge is -1.93. The number of hydrogen-bond acceptors (Lipinski definition) is 1. The van der Waals surface area contributed by atoms with Gasteiger partial charge in [-0.25, -0.2) is 0 Å². The maximum Gasteiger partial charge on any atom is 0.152 e. The molecule has 72 valence electrons. The molecule has 1 rings (SSSR count). The Morgan fingerprint density at radius 1 is 1.07 bits per heavy atom. The fraction of sp³-hybridized carbons (Fsp3) is 0.154. The van der Waals surface area contributed by atoms with E-state index in [4.69, 9.17) is 0 Å².